The predicted octanol–water partition coefficient (Wildman–Crippen LogP) is 2.88. The second kappa shape index (κ2) is 5.10. The van der Waals surface area contributed by atoms with E-state index in [0.717, 1.165) is 11.6 Å². The first-order chi connectivity index (χ1) is 7.00. The van der Waals surface area contributed by atoms with Gasteiger partial charge in [-0.05, 0) is 24.8 Å². The summed E-state index contributed by atoms with van der Waals surface area (Å²) >= 11 is 0. The maximum atomic E-state index is 4.36. The van der Waals surface area contributed by atoms with Crippen LogP contribution in [-0.4, -0.2) is 16.0 Å². The zero-order chi connectivity index (χ0) is 11.4. The van der Waals surface area contributed by atoms with Gasteiger partial charge in [-0.15, -0.1) is 0 Å². The molecule has 0 aromatic carbocycles. The number of rotatable bonds is 4. The third kappa shape index (κ3) is 3.50. The van der Waals surface area contributed by atoms with Crippen LogP contribution in [0.4, 0.5) is 5.82 Å². The number of nitrogens with one attached hydrogen (secondary N) is 1. The van der Waals surface area contributed by atoms with Gasteiger partial charge in [0.05, 0.1) is 0 Å². The molecule has 0 aliphatic heterocycles. The van der Waals surface area contributed by atoms with Crippen molar-refractivity contribution in [3.63, 3.8) is 0 Å². The molecule has 1 aromatic heterocycles. The van der Waals surface area contributed by atoms with E-state index in [0.29, 0.717) is 17.9 Å². The average Bonchev–Trinajstić information content (AvgIpc) is 2.13. The van der Waals surface area contributed by atoms with Crippen LogP contribution in [0.3, 0.4) is 0 Å². The summed E-state index contributed by atoms with van der Waals surface area (Å²) in [6.07, 6.45) is 1.79. The Labute approximate surface area is 92.3 Å². The number of aromatic nitrogens is 2. The van der Waals surface area contributed by atoms with E-state index in [2.05, 4.69) is 43.0 Å². The molecule has 1 heterocycles. The minimum atomic E-state index is 0.458. The molecule has 0 saturated carbocycles. The minimum absolute atomic E-state index is 0.458. The summed E-state index contributed by atoms with van der Waals surface area (Å²) in [6, 6.07) is 2.38. The zero-order valence-corrected chi connectivity index (χ0v) is 10.3. The Kier molecular flexibility index (Phi) is 4.06. The number of anilines is 1. The first kappa shape index (κ1) is 12.0. The van der Waals surface area contributed by atoms with E-state index in [9.17, 15) is 0 Å². The van der Waals surface area contributed by atoms with Crippen LogP contribution in [0.1, 0.15) is 33.5 Å². The summed E-state index contributed by atoms with van der Waals surface area (Å²) in [7, 11) is 0. The van der Waals surface area contributed by atoms with E-state index in [1.54, 1.807) is 6.20 Å². The monoisotopic (exact) mass is 207 g/mol. The Morgan fingerprint density at radius 1 is 1.13 bits per heavy atom. The molecule has 1 N–H and O–H groups in total. The van der Waals surface area contributed by atoms with Gasteiger partial charge in [-0.25, -0.2) is 9.97 Å². The average molecular weight is 207 g/mol. The van der Waals surface area contributed by atoms with Crippen LogP contribution in [-0.2, 0) is 0 Å². The zero-order valence-electron chi connectivity index (χ0n) is 10.3. The molecule has 0 spiro atoms. The minimum Gasteiger partial charge on any atom is -0.367 e. The molecule has 3 heteroatoms. The summed E-state index contributed by atoms with van der Waals surface area (Å²) in [5.41, 5.74) is 0. The van der Waals surface area contributed by atoms with Crippen molar-refractivity contribution < 1.29 is 0 Å². The van der Waals surface area contributed by atoms with E-state index < -0.39 is 0 Å². The molecular formula is C12H21N3. The largest absolute Gasteiger partial charge is 0.367 e. The second-order valence-corrected chi connectivity index (χ2v) is 4.65. The van der Waals surface area contributed by atoms with Crippen LogP contribution in [0.25, 0.3) is 0 Å². The molecule has 15 heavy (non-hydrogen) atoms. The fourth-order valence-corrected chi connectivity index (χ4v) is 1.81. The molecule has 0 amide bonds. The predicted molar refractivity (Wildman–Crippen MR) is 63.9 cm³/mol. The van der Waals surface area contributed by atoms with Crippen molar-refractivity contribution in [3.8, 4) is 0 Å². The van der Waals surface area contributed by atoms with Crippen LogP contribution in [0.5, 0.6) is 0 Å². The molecule has 1 aromatic rings. The van der Waals surface area contributed by atoms with E-state index in [-0.39, 0.29) is 0 Å². The summed E-state index contributed by atoms with van der Waals surface area (Å²) in [4.78, 5) is 8.44. The quantitative estimate of drug-likeness (QED) is 0.825. The van der Waals surface area contributed by atoms with Crippen molar-refractivity contribution in [1.29, 1.82) is 0 Å². The van der Waals surface area contributed by atoms with Crippen molar-refractivity contribution in [3.05, 3.63) is 18.1 Å². The van der Waals surface area contributed by atoms with Crippen LogP contribution in [0.15, 0.2) is 12.3 Å². The Bertz CT molecular complexity index is 299. The summed E-state index contributed by atoms with van der Waals surface area (Å²) in [6.45, 7) is 10.8. The lowest BCUT2D eigenvalue weighted by molar-refractivity contribution is 0.412. The Balaban J connectivity index is 2.74. The smallest absolute Gasteiger partial charge is 0.129 e. The number of hydrogen-bond donors (Lipinski definition) is 1. The summed E-state index contributed by atoms with van der Waals surface area (Å²) in [5, 5.41) is 3.47. The lowest BCUT2D eigenvalue weighted by atomic mass is 9.93. The van der Waals surface area contributed by atoms with E-state index in [1.165, 1.54) is 0 Å². The van der Waals surface area contributed by atoms with Crippen LogP contribution in [0.2, 0.25) is 0 Å². The Morgan fingerprint density at radius 2 is 1.73 bits per heavy atom. The molecule has 1 rings (SSSR count). The molecule has 0 radical (unpaired) electrons. The van der Waals surface area contributed by atoms with Crippen LogP contribution in [0, 0.1) is 18.8 Å². The first-order valence-electron chi connectivity index (χ1n) is 5.57. The molecular weight excluding hydrogens is 186 g/mol. The van der Waals surface area contributed by atoms with Gasteiger partial charge in [-0.3, -0.25) is 0 Å². The molecule has 84 valence electrons. The molecule has 0 unspecified atom stereocenters. The van der Waals surface area contributed by atoms with Crippen LogP contribution >= 0.6 is 0 Å². The number of nitrogens with zero attached hydrogens (tertiary/aromatic N) is 2. The molecule has 0 atom stereocenters. The number of hydrogen-bond acceptors (Lipinski definition) is 3. The fraction of sp³-hybridized carbons (Fsp3) is 0.667. The van der Waals surface area contributed by atoms with Crippen LogP contribution < -0.4 is 5.32 Å². The van der Waals surface area contributed by atoms with Crippen molar-refractivity contribution in [1.82, 2.24) is 9.97 Å². The van der Waals surface area contributed by atoms with Gasteiger partial charge < -0.3 is 5.32 Å². The standard InChI is InChI=1S/C12H21N3/c1-8(2)12(9(3)4)15-11-6-7-13-10(5)14-11/h6-9,12H,1-5H3,(H,13,14,15). The second-order valence-electron chi connectivity index (χ2n) is 4.65. The molecule has 0 aliphatic carbocycles. The lowest BCUT2D eigenvalue weighted by Gasteiger charge is -2.26. The van der Waals surface area contributed by atoms with Gasteiger partial charge in [0, 0.05) is 12.2 Å². The van der Waals surface area contributed by atoms with Gasteiger partial charge in [0.2, 0.25) is 0 Å². The maximum Gasteiger partial charge on any atom is 0.129 e. The molecule has 3 nitrogen and oxygen atoms in total. The highest BCUT2D eigenvalue weighted by atomic mass is 15.0. The van der Waals surface area contributed by atoms with Crippen molar-refractivity contribution in [2.24, 2.45) is 11.8 Å². The normalized spacial score (nSPS) is 11.5. The Morgan fingerprint density at radius 3 is 2.20 bits per heavy atom. The van der Waals surface area contributed by atoms with Gasteiger partial charge in [0.1, 0.15) is 11.6 Å². The number of aryl methyl sites for hydroxylation is 1. The highest BCUT2D eigenvalue weighted by molar-refractivity contribution is 5.34. The molecule has 0 saturated heterocycles. The van der Waals surface area contributed by atoms with Crippen molar-refractivity contribution >= 4 is 5.82 Å². The highest BCUT2D eigenvalue weighted by Crippen LogP contribution is 2.16. The molecule has 0 aliphatic rings. The van der Waals surface area contributed by atoms with Gasteiger partial charge in [0.15, 0.2) is 0 Å². The van der Waals surface area contributed by atoms with Crippen molar-refractivity contribution in [2.75, 3.05) is 5.32 Å². The van der Waals surface area contributed by atoms with E-state index in [1.807, 2.05) is 13.0 Å². The topological polar surface area (TPSA) is 37.8 Å². The summed E-state index contributed by atoms with van der Waals surface area (Å²) in [5.74, 6) is 2.93. The SMILES string of the molecule is Cc1nccc(NC(C(C)C)C(C)C)n1. The summed E-state index contributed by atoms with van der Waals surface area (Å²) < 4.78 is 0. The first-order valence-corrected chi connectivity index (χ1v) is 5.57. The Hall–Kier alpha value is -1.12. The lowest BCUT2D eigenvalue weighted by Crippen LogP contribution is -2.31. The molecule has 0 bridgehead atoms. The maximum absolute atomic E-state index is 4.36. The van der Waals surface area contributed by atoms with Crippen molar-refractivity contribution in [2.45, 2.75) is 40.7 Å². The van der Waals surface area contributed by atoms with Gasteiger partial charge in [-0.1, -0.05) is 27.7 Å². The fourth-order valence-electron chi connectivity index (χ4n) is 1.81. The highest BCUT2D eigenvalue weighted by Gasteiger charge is 2.17. The third-order valence-electron chi connectivity index (χ3n) is 2.53. The van der Waals surface area contributed by atoms with Gasteiger partial charge >= 0.3 is 0 Å². The third-order valence-corrected chi connectivity index (χ3v) is 2.53. The molecule has 0 fully saturated rings. The van der Waals surface area contributed by atoms with E-state index >= 15 is 0 Å². The van der Waals surface area contributed by atoms with E-state index in [4.69, 9.17) is 0 Å². The van der Waals surface area contributed by atoms with Gasteiger partial charge in [-0.2, -0.15) is 0 Å². The van der Waals surface area contributed by atoms with Gasteiger partial charge in [0.25, 0.3) is 0 Å².